The van der Waals surface area contributed by atoms with Gasteiger partial charge in [-0.05, 0) is 42.4 Å². The molecule has 1 fully saturated rings. The van der Waals surface area contributed by atoms with Crippen molar-refractivity contribution in [1.82, 2.24) is 4.90 Å². The molecule has 0 unspecified atom stereocenters. The van der Waals surface area contributed by atoms with Crippen LogP contribution in [0.3, 0.4) is 0 Å². The van der Waals surface area contributed by atoms with Gasteiger partial charge in [0.25, 0.3) is 0 Å². The van der Waals surface area contributed by atoms with Gasteiger partial charge >= 0.3 is 0 Å². The lowest BCUT2D eigenvalue weighted by molar-refractivity contribution is -0.130. The fraction of sp³-hybridized carbons (Fsp3) is 0.562. The van der Waals surface area contributed by atoms with Gasteiger partial charge in [0.15, 0.2) is 0 Å². The van der Waals surface area contributed by atoms with Gasteiger partial charge in [-0.1, -0.05) is 26.0 Å². The second kappa shape index (κ2) is 5.64. The summed E-state index contributed by atoms with van der Waals surface area (Å²) in [6, 6.07) is 7.59. The first-order valence-corrected chi connectivity index (χ1v) is 7.08. The molecule has 1 aromatic carbocycles. The van der Waals surface area contributed by atoms with Crippen molar-refractivity contribution in [3.05, 3.63) is 29.8 Å². The molecule has 0 atom stereocenters. The number of nitrogens with zero attached hydrogens (tertiary/aromatic N) is 1. The van der Waals surface area contributed by atoms with Crippen LogP contribution in [0.2, 0.25) is 0 Å². The third-order valence-electron chi connectivity index (χ3n) is 4.03. The summed E-state index contributed by atoms with van der Waals surface area (Å²) in [5.74, 6) is 0.238. The van der Waals surface area contributed by atoms with Crippen LogP contribution in [-0.2, 0) is 11.2 Å². The van der Waals surface area contributed by atoms with Crippen LogP contribution in [0, 0.1) is 5.41 Å². The summed E-state index contributed by atoms with van der Waals surface area (Å²) in [6.45, 7) is 6.37. The molecule has 0 saturated carbocycles. The predicted molar refractivity (Wildman–Crippen MR) is 78.8 cm³/mol. The zero-order valence-electron chi connectivity index (χ0n) is 12.0. The quantitative estimate of drug-likeness (QED) is 0.831. The van der Waals surface area contributed by atoms with Crippen LogP contribution >= 0.6 is 0 Å². The van der Waals surface area contributed by atoms with Crippen LogP contribution < -0.4 is 5.73 Å². The van der Waals surface area contributed by atoms with E-state index in [1.54, 1.807) is 0 Å². The van der Waals surface area contributed by atoms with Crippen LogP contribution in [0.15, 0.2) is 24.3 Å². The number of likely N-dealkylation sites (tertiary alicyclic amines) is 1. The second-order valence-electron chi connectivity index (χ2n) is 6.32. The molecule has 104 valence electrons. The molecule has 0 bridgehead atoms. The molecule has 3 heteroatoms. The highest BCUT2D eigenvalue weighted by atomic mass is 16.2. The first kappa shape index (κ1) is 13.9. The molecular formula is C16H24N2O. The zero-order valence-corrected chi connectivity index (χ0v) is 12.0. The summed E-state index contributed by atoms with van der Waals surface area (Å²) in [7, 11) is 0. The Labute approximate surface area is 115 Å². The number of rotatable bonds is 2. The third kappa shape index (κ3) is 3.98. The van der Waals surface area contributed by atoms with Crippen molar-refractivity contribution in [1.29, 1.82) is 0 Å². The van der Waals surface area contributed by atoms with E-state index in [0.717, 1.165) is 37.2 Å². The number of carbonyl (C=O) groups excluding carboxylic acids is 1. The number of carbonyl (C=O) groups is 1. The van der Waals surface area contributed by atoms with E-state index in [1.807, 2.05) is 29.2 Å². The topological polar surface area (TPSA) is 46.3 Å². The highest BCUT2D eigenvalue weighted by Gasteiger charge is 2.25. The standard InChI is InChI=1S/C16H24N2O/c1-16(2)8-3-10-18(11-9-16)15(19)12-13-4-6-14(17)7-5-13/h4-7H,3,8-12,17H2,1-2H3. The molecular weight excluding hydrogens is 236 g/mol. The lowest BCUT2D eigenvalue weighted by atomic mass is 9.85. The molecule has 1 amide bonds. The largest absolute Gasteiger partial charge is 0.399 e. The molecule has 3 nitrogen and oxygen atoms in total. The van der Waals surface area contributed by atoms with E-state index in [4.69, 9.17) is 5.73 Å². The maximum absolute atomic E-state index is 12.3. The number of nitrogens with two attached hydrogens (primary N) is 1. The number of hydrogen-bond acceptors (Lipinski definition) is 2. The van der Waals surface area contributed by atoms with Gasteiger partial charge in [0, 0.05) is 18.8 Å². The summed E-state index contributed by atoms with van der Waals surface area (Å²) in [4.78, 5) is 14.3. The first-order valence-electron chi connectivity index (χ1n) is 7.08. The number of amides is 1. The lowest BCUT2D eigenvalue weighted by Gasteiger charge is -2.23. The third-order valence-corrected chi connectivity index (χ3v) is 4.03. The average molecular weight is 260 g/mol. The highest BCUT2D eigenvalue weighted by Crippen LogP contribution is 2.29. The Hall–Kier alpha value is -1.51. The SMILES string of the molecule is CC1(C)CCCN(C(=O)Cc2ccc(N)cc2)CC1. The molecule has 0 aromatic heterocycles. The Morgan fingerprint density at radius 1 is 1.21 bits per heavy atom. The fourth-order valence-electron chi connectivity index (χ4n) is 2.59. The zero-order chi connectivity index (χ0) is 13.9. The van der Waals surface area contributed by atoms with Crippen LogP contribution in [-0.4, -0.2) is 23.9 Å². The van der Waals surface area contributed by atoms with Crippen molar-refractivity contribution in [2.24, 2.45) is 5.41 Å². The van der Waals surface area contributed by atoms with Crippen molar-refractivity contribution in [2.45, 2.75) is 39.5 Å². The molecule has 1 aromatic rings. The average Bonchev–Trinajstić information content (AvgIpc) is 2.53. The Morgan fingerprint density at radius 3 is 2.58 bits per heavy atom. The lowest BCUT2D eigenvalue weighted by Crippen LogP contribution is -2.33. The van der Waals surface area contributed by atoms with Crippen molar-refractivity contribution in [3.8, 4) is 0 Å². The number of nitrogen functional groups attached to an aromatic ring is 1. The van der Waals surface area contributed by atoms with Crippen molar-refractivity contribution < 1.29 is 4.79 Å². The van der Waals surface area contributed by atoms with Gasteiger partial charge in [0.1, 0.15) is 0 Å². The van der Waals surface area contributed by atoms with Crippen LogP contribution in [0.1, 0.15) is 38.7 Å². The Morgan fingerprint density at radius 2 is 1.89 bits per heavy atom. The molecule has 0 aliphatic carbocycles. The molecule has 0 radical (unpaired) electrons. The summed E-state index contributed by atoms with van der Waals surface area (Å²) >= 11 is 0. The van der Waals surface area contributed by atoms with E-state index >= 15 is 0 Å². The fourth-order valence-corrected chi connectivity index (χ4v) is 2.59. The summed E-state index contributed by atoms with van der Waals surface area (Å²) in [5.41, 5.74) is 7.81. The second-order valence-corrected chi connectivity index (χ2v) is 6.32. The molecule has 2 rings (SSSR count). The molecule has 19 heavy (non-hydrogen) atoms. The van der Waals surface area contributed by atoms with E-state index in [-0.39, 0.29) is 5.91 Å². The van der Waals surface area contributed by atoms with Gasteiger partial charge in [0.2, 0.25) is 5.91 Å². The number of anilines is 1. The highest BCUT2D eigenvalue weighted by molar-refractivity contribution is 5.78. The maximum Gasteiger partial charge on any atom is 0.226 e. The molecule has 2 N–H and O–H groups in total. The normalized spacial score (nSPS) is 18.9. The number of benzene rings is 1. The van der Waals surface area contributed by atoms with E-state index in [2.05, 4.69) is 13.8 Å². The van der Waals surface area contributed by atoms with Gasteiger partial charge in [-0.3, -0.25) is 4.79 Å². The predicted octanol–water partition coefficient (Wildman–Crippen LogP) is 2.85. The first-order chi connectivity index (χ1) is 8.96. The van der Waals surface area contributed by atoms with E-state index < -0.39 is 0 Å². The summed E-state index contributed by atoms with van der Waals surface area (Å²) < 4.78 is 0. The molecule has 1 heterocycles. The van der Waals surface area contributed by atoms with Gasteiger partial charge in [0.05, 0.1) is 6.42 Å². The minimum absolute atomic E-state index is 0.238. The molecule has 1 aliphatic heterocycles. The van der Waals surface area contributed by atoms with Gasteiger partial charge in [-0.15, -0.1) is 0 Å². The van der Waals surface area contributed by atoms with E-state index in [1.165, 1.54) is 6.42 Å². The molecule has 1 saturated heterocycles. The Bertz CT molecular complexity index is 437. The van der Waals surface area contributed by atoms with Gasteiger partial charge in [-0.25, -0.2) is 0 Å². The Balaban J connectivity index is 1.94. The summed E-state index contributed by atoms with van der Waals surface area (Å²) in [6.07, 6.45) is 3.90. The molecule has 1 aliphatic rings. The molecule has 0 spiro atoms. The van der Waals surface area contributed by atoms with Crippen LogP contribution in [0.25, 0.3) is 0 Å². The van der Waals surface area contributed by atoms with Crippen LogP contribution in [0.4, 0.5) is 5.69 Å². The van der Waals surface area contributed by atoms with Gasteiger partial charge in [-0.2, -0.15) is 0 Å². The minimum Gasteiger partial charge on any atom is -0.399 e. The smallest absolute Gasteiger partial charge is 0.226 e. The minimum atomic E-state index is 0.238. The van der Waals surface area contributed by atoms with Crippen molar-refractivity contribution in [3.63, 3.8) is 0 Å². The van der Waals surface area contributed by atoms with Gasteiger partial charge < -0.3 is 10.6 Å². The van der Waals surface area contributed by atoms with E-state index in [9.17, 15) is 4.79 Å². The Kier molecular flexibility index (Phi) is 4.13. The van der Waals surface area contributed by atoms with Crippen molar-refractivity contribution in [2.75, 3.05) is 18.8 Å². The van der Waals surface area contributed by atoms with Crippen molar-refractivity contribution >= 4 is 11.6 Å². The monoisotopic (exact) mass is 260 g/mol. The maximum atomic E-state index is 12.3. The van der Waals surface area contributed by atoms with E-state index in [0.29, 0.717) is 11.8 Å². The summed E-state index contributed by atoms with van der Waals surface area (Å²) in [5, 5.41) is 0. The van der Waals surface area contributed by atoms with Crippen LogP contribution in [0.5, 0.6) is 0 Å². The number of hydrogen-bond donors (Lipinski definition) is 1.